The number of rotatable bonds is 4. The highest BCUT2D eigenvalue weighted by atomic mass is 32.2. The van der Waals surface area contributed by atoms with Gasteiger partial charge in [0, 0.05) is 10.9 Å². The van der Waals surface area contributed by atoms with Gasteiger partial charge in [-0.1, -0.05) is 45.4 Å². The molecule has 0 bridgehead atoms. The third-order valence-corrected chi connectivity index (χ3v) is 5.99. The zero-order valence-corrected chi connectivity index (χ0v) is 13.0. The molecule has 0 aliphatic heterocycles. The first kappa shape index (κ1) is 14.7. The van der Waals surface area contributed by atoms with Gasteiger partial charge in [-0.15, -0.1) is 0 Å². The van der Waals surface area contributed by atoms with E-state index < -0.39 is 10.8 Å². The summed E-state index contributed by atoms with van der Waals surface area (Å²) in [5.74, 6) is 0. The van der Waals surface area contributed by atoms with E-state index in [1.807, 2.05) is 30.3 Å². The van der Waals surface area contributed by atoms with E-state index in [1.54, 1.807) is 0 Å². The zero-order valence-electron chi connectivity index (χ0n) is 12.2. The van der Waals surface area contributed by atoms with Gasteiger partial charge < -0.3 is 5.32 Å². The molecule has 0 spiro atoms. The van der Waals surface area contributed by atoms with Crippen LogP contribution in [0, 0.1) is 5.41 Å². The van der Waals surface area contributed by atoms with Gasteiger partial charge in [0.2, 0.25) is 0 Å². The summed E-state index contributed by atoms with van der Waals surface area (Å²) in [6.45, 7) is 7.67. The average Bonchev–Trinajstić information content (AvgIpc) is 2.41. The fourth-order valence-electron chi connectivity index (χ4n) is 3.17. The van der Waals surface area contributed by atoms with Gasteiger partial charge in [-0.2, -0.15) is 0 Å². The van der Waals surface area contributed by atoms with Crippen molar-refractivity contribution in [3.63, 3.8) is 0 Å². The molecule has 1 fully saturated rings. The van der Waals surface area contributed by atoms with Gasteiger partial charge in [-0.3, -0.25) is 4.21 Å². The predicted octanol–water partition coefficient (Wildman–Crippen LogP) is 3.35. The van der Waals surface area contributed by atoms with Gasteiger partial charge in [0.05, 0.1) is 16.0 Å². The zero-order chi connectivity index (χ0) is 13.9. The molecule has 1 aliphatic rings. The van der Waals surface area contributed by atoms with E-state index in [1.165, 1.54) is 12.8 Å². The van der Waals surface area contributed by atoms with Gasteiger partial charge in [-0.05, 0) is 36.9 Å². The number of benzene rings is 1. The predicted molar refractivity (Wildman–Crippen MR) is 81.7 cm³/mol. The van der Waals surface area contributed by atoms with Crippen LogP contribution in [0.3, 0.4) is 0 Å². The molecule has 1 saturated carbocycles. The van der Waals surface area contributed by atoms with E-state index >= 15 is 0 Å². The molecule has 0 saturated heterocycles. The lowest BCUT2D eigenvalue weighted by Crippen LogP contribution is -2.53. The van der Waals surface area contributed by atoms with Crippen LogP contribution in [-0.2, 0) is 10.8 Å². The summed E-state index contributed by atoms with van der Waals surface area (Å²) in [6, 6.07) is 10.2. The minimum Gasteiger partial charge on any atom is -0.313 e. The molecular formula is C16H25NOS. The molecular weight excluding hydrogens is 254 g/mol. The molecule has 0 aromatic heterocycles. The normalized spacial score (nSPS) is 27.9. The minimum absolute atomic E-state index is 0.226. The Morgan fingerprint density at radius 3 is 2.63 bits per heavy atom. The Kier molecular flexibility index (Phi) is 4.80. The maximum Gasteiger partial charge on any atom is 0.0576 e. The Morgan fingerprint density at radius 1 is 1.32 bits per heavy atom. The second kappa shape index (κ2) is 6.19. The van der Waals surface area contributed by atoms with E-state index in [-0.39, 0.29) is 10.7 Å². The van der Waals surface area contributed by atoms with E-state index in [4.69, 9.17) is 0 Å². The van der Waals surface area contributed by atoms with Crippen LogP contribution in [0.25, 0.3) is 0 Å². The minimum atomic E-state index is -0.911. The van der Waals surface area contributed by atoms with Crippen molar-refractivity contribution in [2.24, 2.45) is 5.41 Å². The largest absolute Gasteiger partial charge is 0.313 e. The lowest BCUT2D eigenvalue weighted by atomic mass is 9.73. The molecule has 0 heterocycles. The summed E-state index contributed by atoms with van der Waals surface area (Å²) < 4.78 is 12.8. The summed E-state index contributed by atoms with van der Waals surface area (Å²) in [5.41, 5.74) is 0.226. The van der Waals surface area contributed by atoms with E-state index in [0.717, 1.165) is 17.9 Å². The average molecular weight is 279 g/mol. The van der Waals surface area contributed by atoms with Gasteiger partial charge in [0.15, 0.2) is 0 Å². The monoisotopic (exact) mass is 279 g/mol. The molecule has 1 aliphatic carbocycles. The van der Waals surface area contributed by atoms with Gasteiger partial charge in [-0.25, -0.2) is 0 Å². The fraction of sp³-hybridized carbons (Fsp3) is 0.625. The first-order valence-electron chi connectivity index (χ1n) is 7.25. The highest BCUT2D eigenvalue weighted by Gasteiger charge is 2.41. The Morgan fingerprint density at radius 2 is 2.00 bits per heavy atom. The smallest absolute Gasteiger partial charge is 0.0576 e. The maximum absolute atomic E-state index is 12.8. The van der Waals surface area contributed by atoms with Crippen molar-refractivity contribution in [1.29, 1.82) is 0 Å². The summed E-state index contributed by atoms with van der Waals surface area (Å²) in [4.78, 5) is 0.966. The summed E-state index contributed by atoms with van der Waals surface area (Å²) in [5, 5.41) is 3.81. The van der Waals surface area contributed by atoms with E-state index in [9.17, 15) is 4.21 Å². The van der Waals surface area contributed by atoms with Crippen molar-refractivity contribution in [2.75, 3.05) is 6.54 Å². The van der Waals surface area contributed by atoms with Crippen LogP contribution in [0.15, 0.2) is 35.2 Å². The van der Waals surface area contributed by atoms with E-state index in [2.05, 4.69) is 26.1 Å². The Balaban J connectivity index is 2.23. The van der Waals surface area contributed by atoms with Crippen molar-refractivity contribution in [1.82, 2.24) is 5.32 Å². The number of nitrogens with one attached hydrogen (secondary N) is 1. The summed E-state index contributed by atoms with van der Waals surface area (Å²) in [6.07, 6.45) is 3.45. The van der Waals surface area contributed by atoms with Crippen molar-refractivity contribution >= 4 is 10.8 Å². The SMILES string of the molecule is CCNC1C(S(=O)c2ccccc2)CCCC1(C)C. The molecule has 1 aromatic rings. The van der Waals surface area contributed by atoms with Gasteiger partial charge in [0.1, 0.15) is 0 Å². The molecule has 2 rings (SSSR count). The molecule has 0 radical (unpaired) electrons. The van der Waals surface area contributed by atoms with Gasteiger partial charge >= 0.3 is 0 Å². The maximum atomic E-state index is 12.8. The number of hydrogen-bond donors (Lipinski definition) is 1. The van der Waals surface area contributed by atoms with Crippen LogP contribution in [0.5, 0.6) is 0 Å². The fourth-order valence-corrected chi connectivity index (χ4v) is 5.04. The Hall–Kier alpha value is -0.670. The van der Waals surface area contributed by atoms with Crippen molar-refractivity contribution in [2.45, 2.75) is 56.2 Å². The van der Waals surface area contributed by atoms with Crippen LogP contribution in [0.2, 0.25) is 0 Å². The quantitative estimate of drug-likeness (QED) is 0.916. The highest BCUT2D eigenvalue weighted by Crippen LogP contribution is 2.38. The highest BCUT2D eigenvalue weighted by molar-refractivity contribution is 7.85. The lowest BCUT2D eigenvalue weighted by molar-refractivity contribution is 0.174. The molecule has 19 heavy (non-hydrogen) atoms. The molecule has 1 aromatic carbocycles. The van der Waals surface area contributed by atoms with Crippen LogP contribution in [-0.4, -0.2) is 22.0 Å². The molecule has 3 unspecified atom stereocenters. The summed E-state index contributed by atoms with van der Waals surface area (Å²) >= 11 is 0. The second-order valence-corrected chi connectivity index (χ2v) is 7.74. The second-order valence-electron chi connectivity index (χ2n) is 6.07. The number of hydrogen-bond acceptors (Lipinski definition) is 2. The first-order valence-corrected chi connectivity index (χ1v) is 8.46. The first-order chi connectivity index (χ1) is 9.06. The van der Waals surface area contributed by atoms with Gasteiger partial charge in [0.25, 0.3) is 0 Å². The van der Waals surface area contributed by atoms with Crippen molar-refractivity contribution in [3.8, 4) is 0 Å². The van der Waals surface area contributed by atoms with Crippen LogP contribution >= 0.6 is 0 Å². The standard InChI is InChI=1S/C16H25NOS/c1-4-17-15-14(11-8-12-16(15,2)3)19(18)13-9-6-5-7-10-13/h5-7,9-10,14-15,17H,4,8,11-12H2,1-3H3. The van der Waals surface area contributed by atoms with Crippen molar-refractivity contribution < 1.29 is 4.21 Å². The molecule has 106 valence electrons. The van der Waals surface area contributed by atoms with Crippen LogP contribution < -0.4 is 5.32 Å². The van der Waals surface area contributed by atoms with E-state index in [0.29, 0.717) is 6.04 Å². The lowest BCUT2D eigenvalue weighted by Gasteiger charge is -2.44. The Bertz CT molecular complexity index is 430. The molecule has 1 N–H and O–H groups in total. The van der Waals surface area contributed by atoms with Crippen LogP contribution in [0.4, 0.5) is 0 Å². The molecule has 0 amide bonds. The Labute approximate surface area is 119 Å². The molecule has 2 nitrogen and oxygen atoms in total. The molecule has 3 heteroatoms. The topological polar surface area (TPSA) is 29.1 Å². The third-order valence-electron chi connectivity index (χ3n) is 4.20. The van der Waals surface area contributed by atoms with Crippen molar-refractivity contribution in [3.05, 3.63) is 30.3 Å². The third kappa shape index (κ3) is 3.26. The summed E-state index contributed by atoms with van der Waals surface area (Å²) in [7, 11) is -0.911. The van der Waals surface area contributed by atoms with Crippen LogP contribution in [0.1, 0.15) is 40.0 Å². The molecule has 3 atom stereocenters.